The molecule has 0 saturated carbocycles. The molecule has 1 atom stereocenters. The zero-order valence-corrected chi connectivity index (χ0v) is 18.4. The van der Waals surface area contributed by atoms with Crippen LogP contribution in [0.2, 0.25) is 0 Å². The second-order valence-electron chi connectivity index (χ2n) is 8.72. The minimum absolute atomic E-state index is 0.203. The Morgan fingerprint density at radius 3 is 2.56 bits per heavy atom. The summed E-state index contributed by atoms with van der Waals surface area (Å²) in [7, 11) is 0. The van der Waals surface area contributed by atoms with Crippen LogP contribution in [0.1, 0.15) is 34.3 Å². The van der Waals surface area contributed by atoms with Gasteiger partial charge in [0.05, 0.1) is 6.10 Å². The molecule has 1 N–H and O–H groups in total. The summed E-state index contributed by atoms with van der Waals surface area (Å²) in [5.74, 6) is -0.713. The maximum absolute atomic E-state index is 13.9. The highest BCUT2D eigenvalue weighted by Crippen LogP contribution is 2.47. The normalized spacial score (nSPS) is 21.2. The first-order chi connectivity index (χ1) is 15.4. The van der Waals surface area contributed by atoms with Gasteiger partial charge < -0.3 is 14.7 Å². The molecule has 0 aromatic heterocycles. The van der Waals surface area contributed by atoms with Gasteiger partial charge in [-0.05, 0) is 30.2 Å². The van der Waals surface area contributed by atoms with Crippen molar-refractivity contribution in [2.24, 2.45) is 0 Å². The fraction of sp³-hybridized carbons (Fsp3) is 0.360. The molecule has 32 heavy (non-hydrogen) atoms. The molecule has 2 aliphatic heterocycles. The lowest BCUT2D eigenvalue weighted by Gasteiger charge is -2.45. The van der Waals surface area contributed by atoms with Crippen molar-refractivity contribution in [1.29, 1.82) is 0 Å². The first kappa shape index (κ1) is 21.4. The molecule has 1 fully saturated rings. The molecule has 1 spiro atoms. The summed E-state index contributed by atoms with van der Waals surface area (Å²) in [5, 5.41) is 10.5. The van der Waals surface area contributed by atoms with Crippen LogP contribution < -0.4 is 0 Å². The molecular formula is C25H24FNO4S. The van der Waals surface area contributed by atoms with Crippen LogP contribution in [0.15, 0.2) is 53.4 Å². The van der Waals surface area contributed by atoms with E-state index in [1.54, 1.807) is 0 Å². The van der Waals surface area contributed by atoms with Gasteiger partial charge in [0.2, 0.25) is 11.6 Å². The first-order valence-corrected chi connectivity index (χ1v) is 11.8. The average molecular weight is 454 g/mol. The molecule has 0 unspecified atom stereocenters. The van der Waals surface area contributed by atoms with E-state index < -0.39 is 29.1 Å². The lowest BCUT2D eigenvalue weighted by atomic mass is 9.89. The van der Waals surface area contributed by atoms with E-state index in [4.69, 9.17) is 4.74 Å². The Morgan fingerprint density at radius 2 is 1.81 bits per heavy atom. The fourth-order valence-corrected chi connectivity index (χ4v) is 5.94. The van der Waals surface area contributed by atoms with Crippen molar-refractivity contribution in [3.8, 4) is 0 Å². The number of rotatable bonds is 4. The number of carbonyl (C=O) groups is 2. The van der Waals surface area contributed by atoms with Gasteiger partial charge in [0, 0.05) is 49.4 Å². The topological polar surface area (TPSA) is 66.8 Å². The second kappa shape index (κ2) is 8.46. The van der Waals surface area contributed by atoms with Gasteiger partial charge in [0.15, 0.2) is 0 Å². The summed E-state index contributed by atoms with van der Waals surface area (Å²) in [6.07, 6.45) is 1.64. The number of likely N-dealkylation sites (tertiary alicyclic amines) is 1. The van der Waals surface area contributed by atoms with Gasteiger partial charge in [-0.2, -0.15) is 0 Å². The smallest absolute Gasteiger partial charge is 0.243 e. The molecule has 1 saturated heterocycles. The fourth-order valence-electron chi connectivity index (χ4n) is 4.67. The summed E-state index contributed by atoms with van der Waals surface area (Å²) < 4.78 is 20.3. The van der Waals surface area contributed by atoms with Gasteiger partial charge in [-0.25, -0.2) is 4.39 Å². The molecule has 2 aromatic rings. The summed E-state index contributed by atoms with van der Waals surface area (Å²) in [4.78, 5) is 27.5. The number of halogens is 1. The number of hydrogen-bond acceptors (Lipinski definition) is 6. The van der Waals surface area contributed by atoms with E-state index in [1.165, 1.54) is 30.0 Å². The molecule has 2 aromatic carbocycles. The Morgan fingerprint density at radius 1 is 1.06 bits per heavy atom. The van der Waals surface area contributed by atoms with E-state index >= 15 is 0 Å². The molecule has 0 radical (unpaired) electrons. The van der Waals surface area contributed by atoms with Crippen molar-refractivity contribution in [2.45, 2.75) is 31.0 Å². The predicted molar refractivity (Wildman–Crippen MR) is 121 cm³/mol. The van der Waals surface area contributed by atoms with Gasteiger partial charge in [-0.15, -0.1) is 11.8 Å². The van der Waals surface area contributed by atoms with Crippen LogP contribution in [0, 0.1) is 5.82 Å². The third-order valence-electron chi connectivity index (χ3n) is 6.44. The first-order valence-electron chi connectivity index (χ1n) is 10.8. The van der Waals surface area contributed by atoms with Crippen molar-refractivity contribution in [3.05, 3.63) is 75.9 Å². The molecule has 5 rings (SSSR count). The van der Waals surface area contributed by atoms with Gasteiger partial charge in [0.25, 0.3) is 0 Å². The van der Waals surface area contributed by atoms with Crippen LogP contribution in [0.25, 0.3) is 5.76 Å². The maximum Gasteiger partial charge on any atom is 0.243 e. The molecule has 0 amide bonds. The Kier molecular flexibility index (Phi) is 5.65. The Hall–Kier alpha value is -2.48. The number of allylic oxidation sites excluding steroid dienone is 1. The van der Waals surface area contributed by atoms with Gasteiger partial charge in [-0.1, -0.05) is 30.3 Å². The van der Waals surface area contributed by atoms with E-state index in [0.29, 0.717) is 34.9 Å². The number of Topliss-reactive ketones (excluding diaryl/α,β-unsaturated/α-hetero) is 2. The number of aliphatic hydroxyl groups excluding tert-OH is 1. The average Bonchev–Trinajstić information content (AvgIpc) is 2.80. The Balaban J connectivity index is 1.27. The Bertz CT molecular complexity index is 1090. The second-order valence-corrected chi connectivity index (χ2v) is 9.71. The monoisotopic (exact) mass is 453 g/mol. The Labute approximate surface area is 190 Å². The largest absolute Gasteiger partial charge is 0.484 e. The molecule has 3 aliphatic rings. The number of nitrogens with zero attached hydrogens (tertiary/aromatic N) is 1. The van der Waals surface area contributed by atoms with Crippen molar-refractivity contribution >= 4 is 29.1 Å². The predicted octanol–water partition coefficient (Wildman–Crippen LogP) is 3.46. The number of fused-ring (bicyclic) bond motifs is 2. The molecule has 166 valence electrons. The highest BCUT2D eigenvalue weighted by molar-refractivity contribution is 8.04. The van der Waals surface area contributed by atoms with E-state index in [1.807, 2.05) is 30.3 Å². The van der Waals surface area contributed by atoms with Gasteiger partial charge >= 0.3 is 0 Å². The van der Waals surface area contributed by atoms with Crippen molar-refractivity contribution in [3.63, 3.8) is 0 Å². The van der Waals surface area contributed by atoms with Crippen molar-refractivity contribution < 1.29 is 23.8 Å². The number of carbonyl (C=O) groups excluding carboxylic acids is 2. The lowest BCUT2D eigenvalue weighted by Crippen LogP contribution is -2.50. The third kappa shape index (κ3) is 4.00. The number of benzene rings is 2. The van der Waals surface area contributed by atoms with Crippen LogP contribution in [0.5, 0.6) is 0 Å². The molecule has 5 nitrogen and oxygen atoms in total. The zero-order chi connectivity index (χ0) is 22.3. The lowest BCUT2D eigenvalue weighted by molar-refractivity contribution is -0.111. The molecule has 1 aliphatic carbocycles. The van der Waals surface area contributed by atoms with Gasteiger partial charge in [0.1, 0.15) is 22.1 Å². The number of ketones is 2. The molecule has 0 bridgehead atoms. The molecule has 2 heterocycles. The van der Waals surface area contributed by atoms with E-state index in [9.17, 15) is 19.1 Å². The molecular weight excluding hydrogens is 429 g/mol. The highest BCUT2D eigenvalue weighted by Gasteiger charge is 2.46. The standard InChI is InChI=1S/C25H24FNO4S/c26-17-6-7-19-20(13-17)23-24(22(30)21(19)29)32-15-25(31-23)8-10-27(11-9-25)14-18(28)12-16-4-2-1-3-5-16/h1-7,13,18,28H,8-12,14-15H2/t18-/m1/s1. The summed E-state index contributed by atoms with van der Waals surface area (Å²) in [6, 6.07) is 13.8. The quantitative estimate of drug-likeness (QED) is 0.716. The highest BCUT2D eigenvalue weighted by atomic mass is 32.2. The SMILES string of the molecule is O=C1C(=O)c2ccc(F)cc2C2=C1SCC1(CCN(C[C@H](O)Cc3ccccc3)CC1)O2. The summed E-state index contributed by atoms with van der Waals surface area (Å²) in [5.41, 5.74) is 1.22. The van der Waals surface area contributed by atoms with E-state index in [2.05, 4.69) is 4.90 Å². The van der Waals surface area contributed by atoms with Crippen LogP contribution in [-0.4, -0.2) is 58.7 Å². The number of β-amino-alcohol motifs (C(OH)–C–C–N with tert-alkyl or cyclic N) is 1. The number of piperidine rings is 1. The van der Waals surface area contributed by atoms with Crippen LogP contribution in [0.4, 0.5) is 4.39 Å². The van der Waals surface area contributed by atoms with Crippen LogP contribution >= 0.6 is 11.8 Å². The minimum atomic E-state index is -0.604. The van der Waals surface area contributed by atoms with E-state index in [0.717, 1.165) is 31.5 Å². The van der Waals surface area contributed by atoms with Crippen LogP contribution in [0.3, 0.4) is 0 Å². The summed E-state index contributed by atoms with van der Waals surface area (Å²) in [6.45, 7) is 2.11. The third-order valence-corrected chi connectivity index (χ3v) is 7.77. The van der Waals surface area contributed by atoms with Crippen molar-refractivity contribution in [2.75, 3.05) is 25.4 Å². The number of thioether (sulfide) groups is 1. The number of ether oxygens (including phenoxy) is 1. The molecule has 7 heteroatoms. The number of hydrogen-bond donors (Lipinski definition) is 1. The zero-order valence-electron chi connectivity index (χ0n) is 17.6. The van der Waals surface area contributed by atoms with Crippen molar-refractivity contribution in [1.82, 2.24) is 4.90 Å². The van der Waals surface area contributed by atoms with Gasteiger partial charge in [-0.3, -0.25) is 9.59 Å². The minimum Gasteiger partial charge on any atom is -0.484 e. The van der Waals surface area contributed by atoms with Crippen LogP contribution in [-0.2, 0) is 16.0 Å². The van der Waals surface area contributed by atoms with E-state index in [-0.39, 0.29) is 5.56 Å². The summed E-state index contributed by atoms with van der Waals surface area (Å²) >= 11 is 1.34. The maximum atomic E-state index is 13.9. The number of aliphatic hydroxyl groups is 1.